The predicted molar refractivity (Wildman–Crippen MR) is 180 cm³/mol. The van der Waals surface area contributed by atoms with E-state index in [0.29, 0.717) is 40.6 Å². The number of aliphatic carboxylic acids is 1. The third-order valence-electron chi connectivity index (χ3n) is 9.00. The van der Waals surface area contributed by atoms with Crippen molar-refractivity contribution in [2.75, 3.05) is 32.8 Å². The molecule has 2 aliphatic heterocycles. The first-order valence-corrected chi connectivity index (χ1v) is 16.8. The van der Waals surface area contributed by atoms with Gasteiger partial charge in [-0.15, -0.1) is 0 Å². The molecule has 2 atom stereocenters. The maximum atomic E-state index is 14.2. The first-order valence-electron chi connectivity index (χ1n) is 16.4. The Bertz CT molecular complexity index is 1860. The number of halogens is 2. The van der Waals surface area contributed by atoms with Crippen molar-refractivity contribution in [2.45, 2.75) is 57.0 Å². The molecule has 0 unspecified atom stereocenters. The van der Waals surface area contributed by atoms with E-state index in [4.69, 9.17) is 41.3 Å². The van der Waals surface area contributed by atoms with Crippen molar-refractivity contribution in [2.24, 2.45) is 0 Å². The Morgan fingerprint density at radius 1 is 1.08 bits per heavy atom. The number of hydrogen-bond acceptors (Lipinski definition) is 9. The summed E-state index contributed by atoms with van der Waals surface area (Å²) in [6.07, 6.45) is 2.81. The lowest BCUT2D eigenvalue weighted by atomic mass is 9.93. The predicted octanol–water partition coefficient (Wildman–Crippen LogP) is 3.26. The molecule has 264 valence electrons. The number of carbonyl (C=O) groups excluding carboxylic acids is 2. The molecule has 4 aromatic rings. The molecular formula is C35H38ClFN6O7. The highest BCUT2D eigenvalue weighted by Gasteiger charge is 2.26. The second-order valence-corrected chi connectivity index (χ2v) is 12.9. The maximum absolute atomic E-state index is 14.2. The highest BCUT2D eigenvalue weighted by atomic mass is 35.5. The smallest absolute Gasteiger partial charge is 0.328 e. The van der Waals surface area contributed by atoms with Crippen LogP contribution >= 0.6 is 11.6 Å². The van der Waals surface area contributed by atoms with Crippen LogP contribution in [0.4, 0.5) is 4.39 Å². The second-order valence-electron chi connectivity index (χ2n) is 12.4. The molecule has 50 heavy (non-hydrogen) atoms. The molecule has 0 spiro atoms. The van der Waals surface area contributed by atoms with E-state index in [2.05, 4.69) is 20.1 Å². The molecule has 2 aromatic heterocycles. The molecule has 0 bridgehead atoms. The fourth-order valence-corrected chi connectivity index (χ4v) is 6.25. The number of imidazole rings is 1. The van der Waals surface area contributed by atoms with Crippen molar-refractivity contribution < 1.29 is 38.5 Å². The van der Waals surface area contributed by atoms with E-state index < -0.39 is 42.8 Å². The van der Waals surface area contributed by atoms with Crippen LogP contribution in [0.25, 0.3) is 11.0 Å². The number of aliphatic hydroxyl groups excluding tert-OH is 1. The zero-order valence-corrected chi connectivity index (χ0v) is 27.9. The Morgan fingerprint density at radius 3 is 2.58 bits per heavy atom. The summed E-state index contributed by atoms with van der Waals surface area (Å²) in [7, 11) is 0. The molecule has 0 saturated carbocycles. The van der Waals surface area contributed by atoms with Crippen LogP contribution in [0.2, 0.25) is 5.02 Å². The first kappa shape index (κ1) is 35.2. The third-order valence-corrected chi connectivity index (χ3v) is 9.24. The topological polar surface area (TPSA) is 168 Å². The van der Waals surface area contributed by atoms with Gasteiger partial charge in [0.25, 0.3) is 5.91 Å². The van der Waals surface area contributed by atoms with E-state index in [9.17, 15) is 18.8 Å². The number of nitrogens with one attached hydrogen (secondary N) is 2. The minimum atomic E-state index is -1.45. The van der Waals surface area contributed by atoms with Gasteiger partial charge in [-0.3, -0.25) is 14.5 Å². The minimum Gasteiger partial charge on any atom is -0.480 e. The number of nitrogens with zero attached hydrogens (tertiary/aromatic N) is 4. The van der Waals surface area contributed by atoms with Crippen molar-refractivity contribution in [1.29, 1.82) is 0 Å². The monoisotopic (exact) mass is 708 g/mol. The van der Waals surface area contributed by atoms with Gasteiger partial charge in [0.1, 0.15) is 24.3 Å². The van der Waals surface area contributed by atoms with Crippen LogP contribution in [0, 0.1) is 5.82 Å². The molecular weight excluding hydrogens is 671 g/mol. The van der Waals surface area contributed by atoms with Gasteiger partial charge >= 0.3 is 5.97 Å². The van der Waals surface area contributed by atoms with Gasteiger partial charge in [-0.2, -0.15) is 0 Å². The van der Waals surface area contributed by atoms with Crippen LogP contribution in [0.3, 0.4) is 0 Å². The number of pyridine rings is 1. The zero-order chi connectivity index (χ0) is 35.2. The first-order chi connectivity index (χ1) is 24.2. The van der Waals surface area contributed by atoms with Gasteiger partial charge in [-0.1, -0.05) is 23.7 Å². The Labute approximate surface area is 292 Å². The number of aromatic nitrogens is 3. The van der Waals surface area contributed by atoms with E-state index >= 15 is 0 Å². The number of ether oxygens (including phenoxy) is 2. The van der Waals surface area contributed by atoms with E-state index in [-0.39, 0.29) is 18.6 Å². The molecule has 4 heterocycles. The van der Waals surface area contributed by atoms with E-state index in [1.165, 1.54) is 6.07 Å². The molecule has 15 heteroatoms. The fourth-order valence-electron chi connectivity index (χ4n) is 6.09. The number of hydrogen-bond donors (Lipinski definition) is 4. The summed E-state index contributed by atoms with van der Waals surface area (Å²) in [5, 5.41) is 23.1. The van der Waals surface area contributed by atoms with Crippen LogP contribution < -0.4 is 15.4 Å². The molecule has 0 aliphatic carbocycles. The van der Waals surface area contributed by atoms with E-state index in [0.717, 1.165) is 56.0 Å². The Morgan fingerprint density at radius 2 is 1.88 bits per heavy atom. The third kappa shape index (κ3) is 8.56. The van der Waals surface area contributed by atoms with Crippen LogP contribution in [-0.4, -0.2) is 92.4 Å². The molecule has 6 rings (SSSR count). The number of aliphatic hydroxyl groups is 1. The molecule has 2 saturated heterocycles. The number of piperidine rings is 1. The van der Waals surface area contributed by atoms with E-state index in [1.54, 1.807) is 30.3 Å². The van der Waals surface area contributed by atoms with E-state index in [1.807, 2.05) is 18.2 Å². The Kier molecular flexibility index (Phi) is 11.2. The number of fused-ring (bicyclic) bond motifs is 1. The van der Waals surface area contributed by atoms with Gasteiger partial charge in [-0.05, 0) is 68.8 Å². The summed E-state index contributed by atoms with van der Waals surface area (Å²) < 4.78 is 27.9. The largest absolute Gasteiger partial charge is 0.480 e. The van der Waals surface area contributed by atoms with Crippen LogP contribution in [-0.2, 0) is 34.0 Å². The van der Waals surface area contributed by atoms with Crippen molar-refractivity contribution in [1.82, 2.24) is 30.1 Å². The molecule has 4 N–H and O–H groups in total. The van der Waals surface area contributed by atoms with Gasteiger partial charge in [0.05, 0.1) is 43.4 Å². The summed E-state index contributed by atoms with van der Waals surface area (Å²) in [6.45, 7) is 2.45. The van der Waals surface area contributed by atoms with Crippen LogP contribution in [0.15, 0.2) is 54.6 Å². The zero-order valence-electron chi connectivity index (χ0n) is 27.2. The molecule has 2 fully saturated rings. The fraction of sp³-hybridized carbons (Fsp3) is 0.400. The molecule has 2 aliphatic rings. The van der Waals surface area contributed by atoms with Crippen LogP contribution in [0.1, 0.15) is 52.6 Å². The number of amides is 2. The van der Waals surface area contributed by atoms with Gasteiger partial charge in [-0.25, -0.2) is 19.2 Å². The summed E-state index contributed by atoms with van der Waals surface area (Å²) >= 11 is 5.86. The lowest BCUT2D eigenvalue weighted by Crippen LogP contribution is -2.47. The number of carboxylic acid groups (broad SMARTS) is 1. The van der Waals surface area contributed by atoms with Gasteiger partial charge in [0, 0.05) is 40.4 Å². The van der Waals surface area contributed by atoms with Gasteiger partial charge in [0.2, 0.25) is 11.8 Å². The summed E-state index contributed by atoms with van der Waals surface area (Å²) in [5.74, 6) is -1.51. The number of carbonyl (C=O) groups is 3. The molecule has 13 nitrogen and oxygen atoms in total. The summed E-state index contributed by atoms with van der Waals surface area (Å²) in [5.41, 5.74) is 3.15. The Hall–Kier alpha value is -4.63. The normalized spacial score (nSPS) is 17.2. The quantitative estimate of drug-likeness (QED) is 0.153. The number of carboxylic acids is 1. The highest BCUT2D eigenvalue weighted by Crippen LogP contribution is 2.30. The SMILES string of the molecule is O=C(CNC(=O)c1ccc2c(c1)nc(CN1CCC(c3cccc(OCc4ccc(Cl)cc4F)n3)CC1)n2C[C@@H]1CCO1)N[C@@H](CO)C(=O)O. The highest BCUT2D eigenvalue weighted by molar-refractivity contribution is 6.30. The van der Waals surface area contributed by atoms with Crippen molar-refractivity contribution >= 4 is 40.4 Å². The lowest BCUT2D eigenvalue weighted by Gasteiger charge is -2.32. The molecule has 2 amide bonds. The molecule has 0 radical (unpaired) electrons. The average molecular weight is 709 g/mol. The average Bonchev–Trinajstić information content (AvgIpc) is 3.43. The molecule has 2 aromatic carbocycles. The lowest BCUT2D eigenvalue weighted by molar-refractivity contribution is -0.142. The number of likely N-dealkylation sites (tertiary alicyclic amines) is 1. The van der Waals surface area contributed by atoms with Gasteiger partial charge in [0.15, 0.2) is 0 Å². The van der Waals surface area contributed by atoms with Crippen LogP contribution in [0.5, 0.6) is 5.88 Å². The summed E-state index contributed by atoms with van der Waals surface area (Å²) in [4.78, 5) is 48.0. The van der Waals surface area contributed by atoms with Crippen molar-refractivity contribution in [3.05, 3.63) is 88.1 Å². The van der Waals surface area contributed by atoms with Gasteiger partial charge < -0.3 is 34.9 Å². The maximum Gasteiger partial charge on any atom is 0.328 e. The summed E-state index contributed by atoms with van der Waals surface area (Å²) in [6, 6.07) is 13.9. The van der Waals surface area contributed by atoms with Crippen molar-refractivity contribution in [3.63, 3.8) is 0 Å². The number of rotatable bonds is 14. The second kappa shape index (κ2) is 15.9. The Balaban J connectivity index is 1.08. The minimum absolute atomic E-state index is 0.0501. The number of benzene rings is 2. The van der Waals surface area contributed by atoms with Crippen molar-refractivity contribution in [3.8, 4) is 5.88 Å². The standard InChI is InChI=1S/C35H38ClFN6O7/c36-24-6-4-23(26(37)15-24)20-50-33-3-1-2-27(41-33)21-8-11-42(12-9-21)18-31-39-28-14-22(5-7-30(28)43(31)17-25-10-13-49-25)34(46)38-16-32(45)40-29(19-44)35(47)48/h1-7,14-15,21,25,29,44H,8-13,16-20H2,(H,38,46)(H,40,45)(H,47,48)/t25-,29-/m0/s1.